The lowest BCUT2D eigenvalue weighted by molar-refractivity contribution is -0.133. The molecule has 1 amide bonds. The van der Waals surface area contributed by atoms with E-state index in [0.717, 1.165) is 63.6 Å². The maximum atomic E-state index is 12.4. The molecule has 3 rings (SSSR count). The zero-order valence-electron chi connectivity index (χ0n) is 17.6. The van der Waals surface area contributed by atoms with Crippen LogP contribution in [0.1, 0.15) is 26.2 Å². The van der Waals surface area contributed by atoms with Crippen LogP contribution < -0.4 is 9.47 Å². The van der Waals surface area contributed by atoms with Crippen LogP contribution >= 0.6 is 0 Å². The van der Waals surface area contributed by atoms with Gasteiger partial charge in [0.15, 0.2) is 0 Å². The van der Waals surface area contributed by atoms with Gasteiger partial charge in [0.2, 0.25) is 5.91 Å². The van der Waals surface area contributed by atoms with Gasteiger partial charge in [0.25, 0.3) is 0 Å². The highest BCUT2D eigenvalue weighted by molar-refractivity contribution is 5.78. The van der Waals surface area contributed by atoms with E-state index in [1.807, 2.05) is 36.1 Å². The number of rotatable bonds is 9. The first-order valence-electron chi connectivity index (χ1n) is 10.9. The van der Waals surface area contributed by atoms with Gasteiger partial charge in [-0.05, 0) is 50.5 Å². The van der Waals surface area contributed by atoms with Crippen LogP contribution in [-0.2, 0) is 4.79 Å². The topological polar surface area (TPSA) is 65.5 Å². The van der Waals surface area contributed by atoms with Crippen molar-refractivity contribution in [1.29, 1.82) is 0 Å². The number of carbonyl (C=O) groups is 1. The number of piperazine rings is 1. The Morgan fingerprint density at radius 3 is 2.14 bits per heavy atom. The first kappa shape index (κ1) is 21.9. The number of benzene rings is 1. The van der Waals surface area contributed by atoms with Crippen LogP contribution in [0.3, 0.4) is 0 Å². The number of aliphatic hydroxyl groups excluding tert-OH is 1. The average Bonchev–Trinajstić information content (AvgIpc) is 2.75. The third kappa shape index (κ3) is 7.17. The minimum absolute atomic E-state index is 0.266. The van der Waals surface area contributed by atoms with E-state index >= 15 is 0 Å². The van der Waals surface area contributed by atoms with Gasteiger partial charge in [-0.25, -0.2) is 0 Å². The summed E-state index contributed by atoms with van der Waals surface area (Å²) in [6, 6.07) is 7.46. The molecular weight excluding hydrogens is 370 g/mol. The Morgan fingerprint density at radius 2 is 1.52 bits per heavy atom. The smallest absolute Gasteiger partial charge is 0.236 e. The summed E-state index contributed by atoms with van der Waals surface area (Å²) in [6.45, 7) is 9.27. The lowest BCUT2D eigenvalue weighted by Crippen LogP contribution is -2.52. The fraction of sp³-hybridized carbons (Fsp3) is 0.682. The molecule has 0 aromatic heterocycles. The van der Waals surface area contributed by atoms with E-state index in [1.54, 1.807) is 0 Å². The zero-order valence-corrected chi connectivity index (χ0v) is 17.6. The van der Waals surface area contributed by atoms with Crippen molar-refractivity contribution in [3.05, 3.63) is 24.3 Å². The summed E-state index contributed by atoms with van der Waals surface area (Å²) >= 11 is 0. The maximum absolute atomic E-state index is 12.4. The minimum Gasteiger partial charge on any atom is -0.494 e. The van der Waals surface area contributed by atoms with Crippen molar-refractivity contribution < 1.29 is 19.4 Å². The number of hydrogen-bond acceptors (Lipinski definition) is 6. The van der Waals surface area contributed by atoms with Crippen molar-refractivity contribution in [2.75, 3.05) is 65.6 Å². The predicted molar refractivity (Wildman–Crippen MR) is 112 cm³/mol. The van der Waals surface area contributed by atoms with Crippen LogP contribution in [0, 0.1) is 0 Å². The van der Waals surface area contributed by atoms with Gasteiger partial charge >= 0.3 is 0 Å². The lowest BCUT2D eigenvalue weighted by atomic mass is 10.1. The molecule has 0 saturated carbocycles. The van der Waals surface area contributed by atoms with Gasteiger partial charge in [0.1, 0.15) is 24.2 Å². The molecule has 29 heavy (non-hydrogen) atoms. The molecule has 7 nitrogen and oxygen atoms in total. The Bertz CT molecular complexity index is 611. The average molecular weight is 406 g/mol. The highest BCUT2D eigenvalue weighted by atomic mass is 16.5. The number of aliphatic hydroxyl groups is 1. The van der Waals surface area contributed by atoms with Gasteiger partial charge in [0, 0.05) is 45.8 Å². The predicted octanol–water partition coefficient (Wildman–Crippen LogP) is 1.46. The van der Waals surface area contributed by atoms with Crippen molar-refractivity contribution >= 4 is 5.91 Å². The molecule has 1 N–H and O–H groups in total. The molecule has 1 atom stereocenters. The molecule has 1 aromatic carbocycles. The molecule has 7 heteroatoms. The summed E-state index contributed by atoms with van der Waals surface area (Å²) in [5, 5.41) is 10.3. The summed E-state index contributed by atoms with van der Waals surface area (Å²) in [4.78, 5) is 18.9. The third-order valence-electron chi connectivity index (χ3n) is 5.58. The second kappa shape index (κ2) is 11.4. The van der Waals surface area contributed by atoms with E-state index < -0.39 is 6.10 Å². The molecule has 1 unspecified atom stereocenters. The van der Waals surface area contributed by atoms with Gasteiger partial charge in [0.05, 0.1) is 13.2 Å². The molecule has 0 spiro atoms. The summed E-state index contributed by atoms with van der Waals surface area (Å²) in [5.74, 6) is 1.81. The fourth-order valence-electron chi connectivity index (χ4n) is 3.91. The number of nitrogens with zero attached hydrogens (tertiary/aromatic N) is 3. The van der Waals surface area contributed by atoms with Gasteiger partial charge in [-0.15, -0.1) is 0 Å². The zero-order chi connectivity index (χ0) is 20.5. The van der Waals surface area contributed by atoms with E-state index in [-0.39, 0.29) is 12.5 Å². The summed E-state index contributed by atoms with van der Waals surface area (Å²) in [5.41, 5.74) is 0. The normalized spacial score (nSPS) is 19.7. The van der Waals surface area contributed by atoms with Crippen LogP contribution in [0.25, 0.3) is 0 Å². The largest absolute Gasteiger partial charge is 0.494 e. The Hall–Kier alpha value is -1.83. The van der Waals surface area contributed by atoms with Crippen molar-refractivity contribution in [3.63, 3.8) is 0 Å². The molecule has 1 aromatic rings. The van der Waals surface area contributed by atoms with Crippen LogP contribution in [0.15, 0.2) is 24.3 Å². The van der Waals surface area contributed by atoms with Crippen molar-refractivity contribution in [2.24, 2.45) is 0 Å². The molecule has 2 heterocycles. The third-order valence-corrected chi connectivity index (χ3v) is 5.58. The summed E-state index contributed by atoms with van der Waals surface area (Å²) in [7, 11) is 0. The minimum atomic E-state index is -0.539. The van der Waals surface area contributed by atoms with Crippen molar-refractivity contribution in [3.8, 4) is 11.5 Å². The van der Waals surface area contributed by atoms with Crippen LogP contribution in [0.4, 0.5) is 0 Å². The van der Waals surface area contributed by atoms with Crippen molar-refractivity contribution in [2.45, 2.75) is 32.3 Å². The second-order valence-corrected chi connectivity index (χ2v) is 7.89. The van der Waals surface area contributed by atoms with Crippen LogP contribution in [0.5, 0.6) is 11.5 Å². The first-order valence-corrected chi connectivity index (χ1v) is 10.9. The Morgan fingerprint density at radius 1 is 0.931 bits per heavy atom. The molecule has 2 saturated heterocycles. The molecule has 0 bridgehead atoms. The molecule has 2 fully saturated rings. The monoisotopic (exact) mass is 405 g/mol. The quantitative estimate of drug-likeness (QED) is 0.671. The van der Waals surface area contributed by atoms with Gasteiger partial charge < -0.3 is 19.5 Å². The summed E-state index contributed by atoms with van der Waals surface area (Å²) < 4.78 is 11.1. The number of amides is 1. The first-order chi connectivity index (χ1) is 14.1. The van der Waals surface area contributed by atoms with Gasteiger partial charge in [-0.3, -0.25) is 14.6 Å². The molecule has 2 aliphatic rings. The number of likely N-dealkylation sites (tertiary alicyclic amines) is 1. The number of piperidine rings is 1. The number of β-amino-alcohol motifs (C(OH)–C–C–N with tert-alkyl or cyclic N) is 1. The fourth-order valence-corrected chi connectivity index (χ4v) is 3.91. The number of hydrogen-bond donors (Lipinski definition) is 1. The number of ether oxygens (including phenoxy) is 2. The van der Waals surface area contributed by atoms with E-state index in [4.69, 9.17) is 9.47 Å². The molecule has 2 aliphatic heterocycles. The maximum Gasteiger partial charge on any atom is 0.236 e. The Balaban J connectivity index is 1.31. The molecular formula is C22H35N3O4. The molecule has 0 radical (unpaired) electrons. The Labute approximate surface area is 174 Å². The van der Waals surface area contributed by atoms with Gasteiger partial charge in [-0.1, -0.05) is 0 Å². The van der Waals surface area contributed by atoms with Crippen molar-refractivity contribution in [1.82, 2.24) is 14.7 Å². The van der Waals surface area contributed by atoms with Gasteiger partial charge in [-0.2, -0.15) is 0 Å². The molecule has 0 aliphatic carbocycles. The van der Waals surface area contributed by atoms with Crippen LogP contribution in [-0.4, -0.2) is 97.4 Å². The van der Waals surface area contributed by atoms with E-state index in [0.29, 0.717) is 19.7 Å². The highest BCUT2D eigenvalue weighted by Gasteiger charge is 2.23. The van der Waals surface area contributed by atoms with E-state index in [9.17, 15) is 9.90 Å². The molecule has 162 valence electrons. The standard InChI is InChI=1S/C22H35N3O4/c1-2-28-20-6-8-21(9-7-20)29-18-19(26)16-23-12-14-24(15-13-23)17-22(27)25-10-4-3-5-11-25/h6-9,19,26H,2-5,10-18H2,1H3. The highest BCUT2D eigenvalue weighted by Crippen LogP contribution is 2.18. The lowest BCUT2D eigenvalue weighted by Gasteiger charge is -2.36. The van der Waals surface area contributed by atoms with Crippen LogP contribution in [0.2, 0.25) is 0 Å². The van der Waals surface area contributed by atoms with E-state index in [1.165, 1.54) is 6.42 Å². The Kier molecular flexibility index (Phi) is 8.58. The van der Waals surface area contributed by atoms with E-state index in [2.05, 4.69) is 9.80 Å². The second-order valence-electron chi connectivity index (χ2n) is 7.89. The SMILES string of the molecule is CCOc1ccc(OCC(O)CN2CCN(CC(=O)N3CCCCC3)CC2)cc1. The summed E-state index contributed by atoms with van der Waals surface area (Å²) in [6.07, 6.45) is 2.97. The number of carbonyl (C=O) groups excluding carboxylic acids is 1.